The third-order valence-electron chi connectivity index (χ3n) is 4.99. The molecule has 0 heterocycles. The van der Waals surface area contributed by atoms with Crippen molar-refractivity contribution in [2.24, 2.45) is 5.92 Å². The Labute approximate surface area is 138 Å². The van der Waals surface area contributed by atoms with Crippen molar-refractivity contribution in [1.29, 1.82) is 0 Å². The number of carbonyl (C=O) groups excluding carboxylic acids is 1. The molecule has 0 aromatic heterocycles. The third kappa shape index (κ3) is 3.29. The van der Waals surface area contributed by atoms with Crippen molar-refractivity contribution in [3.63, 3.8) is 0 Å². The van der Waals surface area contributed by atoms with Crippen LogP contribution in [0.3, 0.4) is 0 Å². The van der Waals surface area contributed by atoms with Crippen LogP contribution in [0, 0.1) is 5.92 Å². The van der Waals surface area contributed by atoms with Gasteiger partial charge in [0.15, 0.2) is 0 Å². The summed E-state index contributed by atoms with van der Waals surface area (Å²) in [5, 5.41) is -0.935. The number of amides is 1. The minimum Gasteiger partial charge on any atom is -0.273 e. The number of benzene rings is 1. The minimum absolute atomic E-state index is 0.0754. The van der Waals surface area contributed by atoms with E-state index in [1.165, 1.54) is 0 Å². The van der Waals surface area contributed by atoms with Gasteiger partial charge >= 0.3 is 6.18 Å². The summed E-state index contributed by atoms with van der Waals surface area (Å²) in [4.78, 5) is 12.2. The molecule has 1 N–H and O–H groups in total. The zero-order chi connectivity index (χ0) is 17.5. The largest absolute Gasteiger partial charge is 0.391 e. The molecule has 1 atom stereocenters. The van der Waals surface area contributed by atoms with E-state index in [0.29, 0.717) is 6.42 Å². The molecule has 132 valence electrons. The van der Waals surface area contributed by atoms with Gasteiger partial charge in [0.25, 0.3) is 0 Å². The molecule has 0 aliphatic heterocycles. The third-order valence-corrected chi connectivity index (χ3v) is 6.82. The Bertz CT molecular complexity index is 737. The molecule has 8 heteroatoms. The standard InChI is InChI=1S/C16H18F3NO3S/c17-16(18,19)11-5-7-12(8-6-11)24(22,23)20-15(21)14-9-10-3-1-2-4-13(10)14/h1-4,11-12,14H,5-9H2,(H,20,21). The minimum atomic E-state index is -4.28. The van der Waals surface area contributed by atoms with Crippen molar-refractivity contribution in [2.75, 3.05) is 0 Å². The lowest BCUT2D eigenvalue weighted by atomic mass is 9.77. The van der Waals surface area contributed by atoms with Crippen LogP contribution in [0.4, 0.5) is 13.2 Å². The highest BCUT2D eigenvalue weighted by atomic mass is 32.2. The van der Waals surface area contributed by atoms with Crippen LogP contribution in [0.25, 0.3) is 0 Å². The predicted octanol–water partition coefficient (Wildman–Crippen LogP) is 2.89. The molecule has 1 aromatic carbocycles. The average Bonchev–Trinajstić information content (AvgIpc) is 2.47. The van der Waals surface area contributed by atoms with Gasteiger partial charge in [0, 0.05) is 0 Å². The first-order valence-electron chi connectivity index (χ1n) is 7.88. The molecule has 4 nitrogen and oxygen atoms in total. The molecule has 1 fully saturated rings. The molecule has 0 radical (unpaired) electrons. The summed E-state index contributed by atoms with van der Waals surface area (Å²) < 4.78 is 64.6. The van der Waals surface area contributed by atoms with Crippen LogP contribution in [0.15, 0.2) is 24.3 Å². The number of hydrogen-bond donors (Lipinski definition) is 1. The SMILES string of the molecule is O=C(NS(=O)(=O)C1CCC(C(F)(F)F)CC1)C1Cc2ccccc21. The molecule has 2 aliphatic carbocycles. The smallest absolute Gasteiger partial charge is 0.273 e. The fourth-order valence-corrected chi connectivity index (χ4v) is 4.97. The molecule has 1 amide bonds. The summed E-state index contributed by atoms with van der Waals surface area (Å²) in [6.45, 7) is 0. The number of rotatable bonds is 3. The number of fused-ring (bicyclic) bond motifs is 1. The first-order valence-corrected chi connectivity index (χ1v) is 9.43. The zero-order valence-corrected chi connectivity index (χ0v) is 13.7. The highest BCUT2D eigenvalue weighted by molar-refractivity contribution is 7.90. The number of alkyl halides is 3. The molecule has 2 aliphatic rings. The van der Waals surface area contributed by atoms with Crippen molar-refractivity contribution in [3.05, 3.63) is 35.4 Å². The van der Waals surface area contributed by atoms with Crippen molar-refractivity contribution in [2.45, 2.75) is 49.4 Å². The summed E-state index contributed by atoms with van der Waals surface area (Å²) >= 11 is 0. The molecular formula is C16H18F3NO3S. The quantitative estimate of drug-likeness (QED) is 0.900. The van der Waals surface area contributed by atoms with E-state index in [2.05, 4.69) is 4.72 Å². The van der Waals surface area contributed by atoms with Crippen molar-refractivity contribution in [1.82, 2.24) is 4.72 Å². The van der Waals surface area contributed by atoms with Gasteiger partial charge in [-0.15, -0.1) is 0 Å². The lowest BCUT2D eigenvalue weighted by molar-refractivity contribution is -0.181. The lowest BCUT2D eigenvalue weighted by Crippen LogP contribution is -2.45. The number of hydrogen-bond acceptors (Lipinski definition) is 3. The van der Waals surface area contributed by atoms with E-state index < -0.39 is 39.2 Å². The number of nitrogens with one attached hydrogen (secondary N) is 1. The fourth-order valence-electron chi connectivity index (χ4n) is 3.49. The summed E-state index contributed by atoms with van der Waals surface area (Å²) in [5.41, 5.74) is 1.83. The molecule has 24 heavy (non-hydrogen) atoms. The maximum absolute atomic E-state index is 12.7. The van der Waals surface area contributed by atoms with Gasteiger partial charge in [0.1, 0.15) is 0 Å². The first kappa shape index (κ1) is 17.3. The Kier molecular flexibility index (Phi) is 4.36. The summed E-state index contributed by atoms with van der Waals surface area (Å²) in [5.74, 6) is -2.53. The summed E-state index contributed by atoms with van der Waals surface area (Å²) in [6, 6.07) is 7.30. The van der Waals surface area contributed by atoms with Crippen LogP contribution in [-0.4, -0.2) is 25.8 Å². The van der Waals surface area contributed by atoms with E-state index in [1.807, 2.05) is 12.1 Å². The Morgan fingerprint density at radius 1 is 1.08 bits per heavy atom. The van der Waals surface area contributed by atoms with Crippen LogP contribution in [0.2, 0.25) is 0 Å². The summed E-state index contributed by atoms with van der Waals surface area (Å²) in [6.07, 6.45) is -4.38. The van der Waals surface area contributed by atoms with Gasteiger partial charge < -0.3 is 0 Å². The Balaban J connectivity index is 1.60. The maximum atomic E-state index is 12.7. The van der Waals surface area contributed by atoms with Gasteiger partial charge in [0.2, 0.25) is 15.9 Å². The van der Waals surface area contributed by atoms with E-state index in [0.717, 1.165) is 11.1 Å². The monoisotopic (exact) mass is 361 g/mol. The Morgan fingerprint density at radius 3 is 2.29 bits per heavy atom. The van der Waals surface area contributed by atoms with E-state index >= 15 is 0 Å². The second kappa shape index (κ2) is 6.06. The Morgan fingerprint density at radius 2 is 1.71 bits per heavy atom. The van der Waals surface area contributed by atoms with E-state index in [1.54, 1.807) is 12.1 Å². The van der Waals surface area contributed by atoms with Crippen LogP contribution in [-0.2, 0) is 21.2 Å². The van der Waals surface area contributed by atoms with Gasteiger partial charge in [-0.25, -0.2) is 8.42 Å². The fraction of sp³-hybridized carbons (Fsp3) is 0.562. The average molecular weight is 361 g/mol. The van der Waals surface area contributed by atoms with Gasteiger partial charge in [-0.05, 0) is 43.2 Å². The number of sulfonamides is 1. The van der Waals surface area contributed by atoms with Crippen molar-refractivity contribution in [3.8, 4) is 0 Å². The molecule has 1 saturated carbocycles. The highest BCUT2D eigenvalue weighted by Gasteiger charge is 2.44. The van der Waals surface area contributed by atoms with E-state index in [-0.39, 0.29) is 25.7 Å². The maximum Gasteiger partial charge on any atom is 0.391 e. The van der Waals surface area contributed by atoms with Crippen molar-refractivity contribution >= 4 is 15.9 Å². The van der Waals surface area contributed by atoms with Crippen LogP contribution >= 0.6 is 0 Å². The van der Waals surface area contributed by atoms with E-state index in [9.17, 15) is 26.4 Å². The number of halogens is 3. The van der Waals surface area contributed by atoms with Crippen LogP contribution in [0.1, 0.15) is 42.7 Å². The van der Waals surface area contributed by atoms with Crippen molar-refractivity contribution < 1.29 is 26.4 Å². The first-order chi connectivity index (χ1) is 11.2. The molecule has 1 aromatic rings. The van der Waals surface area contributed by atoms with E-state index in [4.69, 9.17) is 0 Å². The van der Waals surface area contributed by atoms with Gasteiger partial charge in [-0.1, -0.05) is 24.3 Å². The molecule has 1 unspecified atom stereocenters. The topological polar surface area (TPSA) is 63.2 Å². The number of carbonyl (C=O) groups is 1. The van der Waals surface area contributed by atoms with Gasteiger partial charge in [-0.2, -0.15) is 13.2 Å². The second-order valence-electron chi connectivity index (χ2n) is 6.48. The normalized spacial score (nSPS) is 27.0. The molecular weight excluding hydrogens is 343 g/mol. The van der Waals surface area contributed by atoms with Crippen LogP contribution in [0.5, 0.6) is 0 Å². The molecule has 0 bridgehead atoms. The zero-order valence-electron chi connectivity index (χ0n) is 12.8. The second-order valence-corrected chi connectivity index (χ2v) is 8.44. The predicted molar refractivity (Wildman–Crippen MR) is 81.8 cm³/mol. The molecule has 0 saturated heterocycles. The van der Waals surface area contributed by atoms with Gasteiger partial charge in [-0.3, -0.25) is 9.52 Å². The van der Waals surface area contributed by atoms with Crippen LogP contribution < -0.4 is 4.72 Å². The Hall–Kier alpha value is -1.57. The lowest BCUT2D eigenvalue weighted by Gasteiger charge is -2.31. The summed E-state index contributed by atoms with van der Waals surface area (Å²) in [7, 11) is -3.94. The van der Waals surface area contributed by atoms with Gasteiger partial charge in [0.05, 0.1) is 17.1 Å². The molecule has 0 spiro atoms. The highest BCUT2D eigenvalue weighted by Crippen LogP contribution is 2.39. The molecule has 3 rings (SSSR count).